The van der Waals surface area contributed by atoms with Crippen LogP contribution in [0.25, 0.3) is 0 Å². The molecule has 0 unspecified atom stereocenters. The summed E-state index contributed by atoms with van der Waals surface area (Å²) in [4.78, 5) is 0.924. The first-order valence-electron chi connectivity index (χ1n) is 4.03. The number of thioether (sulfide) groups is 1. The van der Waals surface area contributed by atoms with Gasteiger partial charge in [-0.2, -0.15) is 5.26 Å². The molecule has 0 radical (unpaired) electrons. The third-order valence-electron chi connectivity index (χ3n) is 1.66. The molecule has 0 aromatic heterocycles. The molecule has 0 saturated carbocycles. The number of hydrogen-bond acceptors (Lipinski definition) is 4. The van der Waals surface area contributed by atoms with Crippen molar-refractivity contribution in [3.05, 3.63) is 18.2 Å². The fourth-order valence-corrected chi connectivity index (χ4v) is 1.72. The Labute approximate surface area is 87.6 Å². The molecule has 0 heterocycles. The van der Waals surface area contributed by atoms with Gasteiger partial charge in [-0.25, -0.2) is 0 Å². The molecule has 0 atom stereocenters. The van der Waals surface area contributed by atoms with Gasteiger partial charge in [0.25, 0.3) is 0 Å². The highest BCUT2D eigenvalue weighted by molar-refractivity contribution is 7.99. The maximum Gasteiger partial charge on any atom is 0.132 e. The number of benzene rings is 1. The van der Waals surface area contributed by atoms with Gasteiger partial charge >= 0.3 is 0 Å². The highest BCUT2D eigenvalue weighted by atomic mass is 32.2. The Morgan fingerprint density at radius 3 is 2.71 bits per heavy atom. The van der Waals surface area contributed by atoms with Crippen molar-refractivity contribution in [1.82, 2.24) is 0 Å². The van der Waals surface area contributed by atoms with Crippen LogP contribution in [0.5, 0.6) is 11.5 Å². The van der Waals surface area contributed by atoms with Crippen LogP contribution in [0, 0.1) is 11.3 Å². The molecule has 0 amide bonds. The number of nitriles is 1. The van der Waals surface area contributed by atoms with Crippen LogP contribution >= 0.6 is 11.8 Å². The zero-order valence-electron chi connectivity index (χ0n) is 8.11. The Bertz CT molecular complexity index is 346. The SMILES string of the molecule is COc1ccc(OC)c(SCC#N)c1. The number of methoxy groups -OCH3 is 2. The molecule has 0 aliphatic carbocycles. The molecule has 3 nitrogen and oxygen atoms in total. The summed E-state index contributed by atoms with van der Waals surface area (Å²) in [7, 11) is 3.22. The van der Waals surface area contributed by atoms with E-state index in [1.165, 1.54) is 11.8 Å². The summed E-state index contributed by atoms with van der Waals surface area (Å²) in [5, 5.41) is 8.47. The molecule has 0 saturated heterocycles. The van der Waals surface area contributed by atoms with Gasteiger partial charge in [-0.3, -0.25) is 0 Å². The fraction of sp³-hybridized carbons (Fsp3) is 0.300. The summed E-state index contributed by atoms with van der Waals surface area (Å²) in [6.07, 6.45) is 0. The first kappa shape index (κ1) is 10.7. The zero-order chi connectivity index (χ0) is 10.4. The largest absolute Gasteiger partial charge is 0.497 e. The number of ether oxygens (including phenoxy) is 2. The van der Waals surface area contributed by atoms with E-state index in [9.17, 15) is 0 Å². The van der Waals surface area contributed by atoms with E-state index < -0.39 is 0 Å². The lowest BCUT2D eigenvalue weighted by Gasteiger charge is -2.08. The molecule has 1 aromatic rings. The minimum Gasteiger partial charge on any atom is -0.497 e. The molecule has 0 spiro atoms. The average molecular weight is 209 g/mol. The van der Waals surface area contributed by atoms with Gasteiger partial charge in [0.15, 0.2) is 0 Å². The summed E-state index contributed by atoms with van der Waals surface area (Å²) in [5.74, 6) is 1.95. The van der Waals surface area contributed by atoms with Crippen LogP contribution in [-0.4, -0.2) is 20.0 Å². The van der Waals surface area contributed by atoms with E-state index in [1.54, 1.807) is 14.2 Å². The van der Waals surface area contributed by atoms with E-state index in [0.717, 1.165) is 16.4 Å². The zero-order valence-corrected chi connectivity index (χ0v) is 8.93. The molecular formula is C10H11NO2S. The van der Waals surface area contributed by atoms with Crippen molar-refractivity contribution >= 4 is 11.8 Å². The molecule has 0 aliphatic rings. The monoisotopic (exact) mass is 209 g/mol. The maximum atomic E-state index is 8.47. The van der Waals surface area contributed by atoms with Crippen molar-refractivity contribution in [2.24, 2.45) is 0 Å². The summed E-state index contributed by atoms with van der Waals surface area (Å²) in [5.41, 5.74) is 0. The predicted octanol–water partition coefficient (Wildman–Crippen LogP) is 2.32. The van der Waals surface area contributed by atoms with Gasteiger partial charge in [0, 0.05) is 0 Å². The van der Waals surface area contributed by atoms with E-state index in [2.05, 4.69) is 6.07 Å². The van der Waals surface area contributed by atoms with Gasteiger partial charge in [0.1, 0.15) is 11.5 Å². The second-order valence-electron chi connectivity index (χ2n) is 2.46. The lowest BCUT2D eigenvalue weighted by molar-refractivity contribution is 0.394. The van der Waals surface area contributed by atoms with Gasteiger partial charge in [-0.05, 0) is 18.2 Å². The molecule has 0 N–H and O–H groups in total. The van der Waals surface area contributed by atoms with E-state index in [-0.39, 0.29) is 0 Å². The predicted molar refractivity (Wildman–Crippen MR) is 55.9 cm³/mol. The quantitative estimate of drug-likeness (QED) is 0.714. The van der Waals surface area contributed by atoms with Crippen LogP contribution in [0.3, 0.4) is 0 Å². The molecule has 0 fully saturated rings. The summed E-state index contributed by atoms with van der Waals surface area (Å²) in [6, 6.07) is 7.59. The Kier molecular flexibility index (Phi) is 4.14. The molecule has 4 heteroatoms. The van der Waals surface area contributed by atoms with E-state index in [4.69, 9.17) is 14.7 Å². The van der Waals surface area contributed by atoms with Gasteiger partial charge in [-0.15, -0.1) is 11.8 Å². The number of hydrogen-bond donors (Lipinski definition) is 0. The first-order valence-corrected chi connectivity index (χ1v) is 5.02. The van der Waals surface area contributed by atoms with Crippen LogP contribution in [0.1, 0.15) is 0 Å². The highest BCUT2D eigenvalue weighted by Gasteiger charge is 2.04. The first-order chi connectivity index (χ1) is 6.81. The number of rotatable bonds is 4. The van der Waals surface area contributed by atoms with Crippen molar-refractivity contribution in [3.8, 4) is 17.6 Å². The molecule has 0 bridgehead atoms. The summed E-state index contributed by atoms with van der Waals surface area (Å²) < 4.78 is 10.2. The van der Waals surface area contributed by atoms with Crippen LogP contribution in [-0.2, 0) is 0 Å². The van der Waals surface area contributed by atoms with Crippen molar-refractivity contribution in [1.29, 1.82) is 5.26 Å². The molecule has 0 aliphatic heterocycles. The van der Waals surface area contributed by atoms with Crippen molar-refractivity contribution in [2.45, 2.75) is 4.90 Å². The van der Waals surface area contributed by atoms with E-state index in [0.29, 0.717) is 5.75 Å². The lowest BCUT2D eigenvalue weighted by atomic mass is 10.3. The number of nitrogens with zero attached hydrogens (tertiary/aromatic N) is 1. The molecule has 14 heavy (non-hydrogen) atoms. The molecule has 74 valence electrons. The molecule has 1 rings (SSSR count). The Hall–Kier alpha value is -1.34. The van der Waals surface area contributed by atoms with Crippen molar-refractivity contribution in [3.63, 3.8) is 0 Å². The van der Waals surface area contributed by atoms with Crippen LogP contribution < -0.4 is 9.47 Å². The Balaban J connectivity index is 2.91. The maximum absolute atomic E-state index is 8.47. The van der Waals surface area contributed by atoms with Crippen molar-refractivity contribution in [2.75, 3.05) is 20.0 Å². The molecular weight excluding hydrogens is 198 g/mol. The standard InChI is InChI=1S/C10H11NO2S/c1-12-8-3-4-9(13-2)10(7-8)14-6-5-11/h3-4,7H,6H2,1-2H3. The third kappa shape index (κ3) is 2.57. The summed E-state index contributed by atoms with van der Waals surface area (Å²) >= 11 is 1.44. The van der Waals surface area contributed by atoms with Gasteiger partial charge in [0.2, 0.25) is 0 Å². The van der Waals surface area contributed by atoms with E-state index in [1.807, 2.05) is 18.2 Å². The topological polar surface area (TPSA) is 42.2 Å². The minimum absolute atomic E-state index is 0.406. The second-order valence-corrected chi connectivity index (χ2v) is 3.48. The average Bonchev–Trinajstić information content (AvgIpc) is 2.25. The van der Waals surface area contributed by atoms with Gasteiger partial charge in [-0.1, -0.05) is 0 Å². The Morgan fingerprint density at radius 1 is 1.36 bits per heavy atom. The normalized spacial score (nSPS) is 9.21. The Morgan fingerprint density at radius 2 is 2.14 bits per heavy atom. The van der Waals surface area contributed by atoms with Crippen LogP contribution in [0.4, 0.5) is 0 Å². The van der Waals surface area contributed by atoms with Gasteiger partial charge in [0.05, 0.1) is 30.9 Å². The third-order valence-corrected chi connectivity index (χ3v) is 2.57. The minimum atomic E-state index is 0.406. The highest BCUT2D eigenvalue weighted by Crippen LogP contribution is 2.32. The van der Waals surface area contributed by atoms with E-state index >= 15 is 0 Å². The van der Waals surface area contributed by atoms with Gasteiger partial charge < -0.3 is 9.47 Å². The lowest BCUT2D eigenvalue weighted by Crippen LogP contribution is -1.89. The smallest absolute Gasteiger partial charge is 0.132 e. The summed E-state index contributed by atoms with van der Waals surface area (Å²) in [6.45, 7) is 0. The van der Waals surface area contributed by atoms with Crippen LogP contribution in [0.2, 0.25) is 0 Å². The molecule has 1 aromatic carbocycles. The van der Waals surface area contributed by atoms with Crippen LogP contribution in [0.15, 0.2) is 23.1 Å². The fourth-order valence-electron chi connectivity index (χ4n) is 1.01. The van der Waals surface area contributed by atoms with Crippen molar-refractivity contribution < 1.29 is 9.47 Å². The second kappa shape index (κ2) is 5.40.